The number of hydrogen-bond acceptors (Lipinski definition) is 3. The van der Waals surface area contributed by atoms with Crippen LogP contribution in [0.1, 0.15) is 44.9 Å². The molecule has 2 N–H and O–H groups in total. The van der Waals surface area contributed by atoms with Gasteiger partial charge >= 0.3 is 0 Å². The van der Waals surface area contributed by atoms with E-state index in [2.05, 4.69) is 30.9 Å². The topological polar surface area (TPSA) is 32.5 Å². The highest BCUT2D eigenvalue weighted by atomic mass is 15.2. The van der Waals surface area contributed by atoms with Crippen molar-refractivity contribution >= 4 is 0 Å². The standard InChI is InChI=1S/C15H31N3/c1-17(2)15(9-6-10-15)12-18(3)14-8-5-4-7-13(14)11-16/h13-14H,4-12,16H2,1-3H3. The molecule has 2 saturated carbocycles. The van der Waals surface area contributed by atoms with Crippen molar-refractivity contribution in [3.05, 3.63) is 0 Å². The predicted octanol–water partition coefficient (Wildman–Crippen LogP) is 1.92. The molecule has 106 valence electrons. The highest BCUT2D eigenvalue weighted by molar-refractivity contribution is 4.99. The largest absolute Gasteiger partial charge is 0.330 e. The third-order valence-corrected chi connectivity index (χ3v) is 5.51. The molecule has 0 radical (unpaired) electrons. The van der Waals surface area contributed by atoms with Crippen LogP contribution in [-0.2, 0) is 0 Å². The van der Waals surface area contributed by atoms with E-state index >= 15 is 0 Å². The third kappa shape index (κ3) is 2.73. The second kappa shape index (κ2) is 5.89. The molecular weight excluding hydrogens is 222 g/mol. The summed E-state index contributed by atoms with van der Waals surface area (Å²) >= 11 is 0. The fourth-order valence-corrected chi connectivity index (χ4v) is 3.96. The van der Waals surface area contributed by atoms with E-state index in [1.807, 2.05) is 0 Å². The van der Waals surface area contributed by atoms with Crippen molar-refractivity contribution in [3.63, 3.8) is 0 Å². The lowest BCUT2D eigenvalue weighted by Crippen LogP contribution is -2.59. The summed E-state index contributed by atoms with van der Waals surface area (Å²) in [6.07, 6.45) is 9.58. The zero-order valence-electron chi connectivity index (χ0n) is 12.5. The Balaban J connectivity index is 1.95. The second-order valence-electron chi connectivity index (χ2n) is 6.74. The molecule has 0 spiro atoms. The van der Waals surface area contributed by atoms with Crippen molar-refractivity contribution in [3.8, 4) is 0 Å². The van der Waals surface area contributed by atoms with Gasteiger partial charge in [-0.15, -0.1) is 0 Å². The minimum Gasteiger partial charge on any atom is -0.330 e. The van der Waals surface area contributed by atoms with Crippen LogP contribution in [0.25, 0.3) is 0 Å². The number of hydrogen-bond donors (Lipinski definition) is 1. The summed E-state index contributed by atoms with van der Waals surface area (Å²) in [6.45, 7) is 2.09. The van der Waals surface area contributed by atoms with Gasteiger partial charge in [-0.05, 0) is 65.7 Å². The molecule has 0 aliphatic heterocycles. The Morgan fingerprint density at radius 2 is 1.72 bits per heavy atom. The highest BCUT2D eigenvalue weighted by Gasteiger charge is 2.41. The van der Waals surface area contributed by atoms with Gasteiger partial charge in [0, 0.05) is 18.1 Å². The molecule has 0 aromatic rings. The van der Waals surface area contributed by atoms with Crippen LogP contribution in [0.2, 0.25) is 0 Å². The average molecular weight is 253 g/mol. The van der Waals surface area contributed by atoms with Crippen LogP contribution in [0, 0.1) is 5.92 Å². The summed E-state index contributed by atoms with van der Waals surface area (Å²) in [5.74, 6) is 0.725. The van der Waals surface area contributed by atoms with Gasteiger partial charge in [-0.2, -0.15) is 0 Å². The van der Waals surface area contributed by atoms with Crippen LogP contribution in [0.3, 0.4) is 0 Å². The molecule has 3 nitrogen and oxygen atoms in total. The predicted molar refractivity (Wildman–Crippen MR) is 77.7 cm³/mol. The average Bonchev–Trinajstić information content (AvgIpc) is 2.33. The molecule has 18 heavy (non-hydrogen) atoms. The van der Waals surface area contributed by atoms with Gasteiger partial charge in [-0.1, -0.05) is 12.8 Å². The van der Waals surface area contributed by atoms with Gasteiger partial charge in [0.15, 0.2) is 0 Å². The molecule has 2 rings (SSSR count). The van der Waals surface area contributed by atoms with Crippen molar-refractivity contribution < 1.29 is 0 Å². The van der Waals surface area contributed by atoms with E-state index in [1.165, 1.54) is 51.5 Å². The van der Waals surface area contributed by atoms with Gasteiger partial charge in [0.05, 0.1) is 0 Å². The first kappa shape index (κ1) is 14.3. The van der Waals surface area contributed by atoms with Crippen molar-refractivity contribution in [2.75, 3.05) is 34.2 Å². The smallest absolute Gasteiger partial charge is 0.0330 e. The number of likely N-dealkylation sites (N-methyl/N-ethyl adjacent to an activating group) is 2. The quantitative estimate of drug-likeness (QED) is 0.812. The fraction of sp³-hybridized carbons (Fsp3) is 1.00. The van der Waals surface area contributed by atoms with Crippen LogP contribution >= 0.6 is 0 Å². The lowest BCUT2D eigenvalue weighted by molar-refractivity contribution is 0.00153. The maximum Gasteiger partial charge on any atom is 0.0330 e. The molecule has 2 unspecified atom stereocenters. The minimum atomic E-state index is 0.450. The number of nitrogens with zero attached hydrogens (tertiary/aromatic N) is 2. The van der Waals surface area contributed by atoms with Crippen molar-refractivity contribution in [1.29, 1.82) is 0 Å². The van der Waals surface area contributed by atoms with Crippen LogP contribution in [0.5, 0.6) is 0 Å². The molecule has 2 aliphatic rings. The molecule has 3 heteroatoms. The summed E-state index contributed by atoms with van der Waals surface area (Å²) in [6, 6.07) is 0.723. The van der Waals surface area contributed by atoms with E-state index in [4.69, 9.17) is 5.73 Å². The number of rotatable bonds is 5. The molecule has 2 fully saturated rings. The van der Waals surface area contributed by atoms with E-state index in [1.54, 1.807) is 0 Å². The van der Waals surface area contributed by atoms with Gasteiger partial charge in [0.2, 0.25) is 0 Å². The first-order valence-electron chi connectivity index (χ1n) is 7.67. The molecule has 2 atom stereocenters. The van der Waals surface area contributed by atoms with Crippen LogP contribution < -0.4 is 5.73 Å². The normalized spacial score (nSPS) is 31.7. The fourth-order valence-electron chi connectivity index (χ4n) is 3.96. The molecule has 0 aromatic heterocycles. The third-order valence-electron chi connectivity index (χ3n) is 5.51. The van der Waals surface area contributed by atoms with Crippen molar-refractivity contribution in [2.45, 2.75) is 56.5 Å². The number of nitrogens with two attached hydrogens (primary N) is 1. The second-order valence-corrected chi connectivity index (χ2v) is 6.74. The van der Waals surface area contributed by atoms with Crippen molar-refractivity contribution in [2.24, 2.45) is 11.7 Å². The van der Waals surface area contributed by atoms with E-state index in [0.717, 1.165) is 18.5 Å². The summed E-state index contributed by atoms with van der Waals surface area (Å²) in [5.41, 5.74) is 6.41. The lowest BCUT2D eigenvalue weighted by atomic mass is 9.74. The Morgan fingerprint density at radius 3 is 2.22 bits per heavy atom. The van der Waals surface area contributed by atoms with Crippen LogP contribution in [0.15, 0.2) is 0 Å². The van der Waals surface area contributed by atoms with Gasteiger partial charge < -0.3 is 15.5 Å². The zero-order valence-corrected chi connectivity index (χ0v) is 12.5. The Bertz CT molecular complexity index is 260. The SMILES string of the molecule is CN(CC1(N(C)C)CCC1)C1CCCCC1CN. The van der Waals surface area contributed by atoms with E-state index in [-0.39, 0.29) is 0 Å². The van der Waals surface area contributed by atoms with Crippen LogP contribution in [-0.4, -0.2) is 55.6 Å². The van der Waals surface area contributed by atoms with Gasteiger partial charge in [-0.25, -0.2) is 0 Å². The van der Waals surface area contributed by atoms with Crippen LogP contribution in [0.4, 0.5) is 0 Å². The summed E-state index contributed by atoms with van der Waals surface area (Å²) < 4.78 is 0. The maximum atomic E-state index is 5.96. The van der Waals surface area contributed by atoms with E-state index in [9.17, 15) is 0 Å². The summed E-state index contributed by atoms with van der Waals surface area (Å²) in [7, 11) is 6.81. The molecule has 2 aliphatic carbocycles. The molecule has 0 heterocycles. The lowest BCUT2D eigenvalue weighted by Gasteiger charge is -2.51. The van der Waals surface area contributed by atoms with Gasteiger partial charge in [0.1, 0.15) is 0 Å². The molecular formula is C15H31N3. The first-order chi connectivity index (χ1) is 8.59. The summed E-state index contributed by atoms with van der Waals surface area (Å²) in [5, 5.41) is 0. The minimum absolute atomic E-state index is 0.450. The van der Waals surface area contributed by atoms with Crippen molar-refractivity contribution in [1.82, 2.24) is 9.80 Å². The molecule has 0 saturated heterocycles. The van der Waals surface area contributed by atoms with E-state index < -0.39 is 0 Å². The van der Waals surface area contributed by atoms with Gasteiger partial charge in [-0.3, -0.25) is 0 Å². The molecule has 0 bridgehead atoms. The molecule has 0 amide bonds. The first-order valence-corrected chi connectivity index (χ1v) is 7.67. The Labute approximate surface area is 113 Å². The Hall–Kier alpha value is -0.120. The van der Waals surface area contributed by atoms with Gasteiger partial charge in [0.25, 0.3) is 0 Å². The summed E-state index contributed by atoms with van der Waals surface area (Å²) in [4.78, 5) is 5.07. The monoisotopic (exact) mass is 253 g/mol. The Kier molecular flexibility index (Phi) is 4.68. The van der Waals surface area contributed by atoms with E-state index in [0.29, 0.717) is 5.54 Å². The molecule has 0 aromatic carbocycles. The maximum absolute atomic E-state index is 5.96. The Morgan fingerprint density at radius 1 is 1.06 bits per heavy atom. The highest BCUT2D eigenvalue weighted by Crippen LogP contribution is 2.38. The zero-order chi connectivity index (χ0) is 13.2.